The average Bonchev–Trinajstić information content (AvgIpc) is 2.74. The molecule has 0 saturated heterocycles. The van der Waals surface area contributed by atoms with Gasteiger partial charge >= 0.3 is 0 Å². The van der Waals surface area contributed by atoms with Crippen LogP contribution in [0.15, 0.2) is 78.9 Å². The van der Waals surface area contributed by atoms with Crippen molar-refractivity contribution >= 4 is 11.6 Å². The zero-order valence-corrected chi connectivity index (χ0v) is 16.1. The second-order valence-corrected chi connectivity index (χ2v) is 6.42. The van der Waals surface area contributed by atoms with Crippen LogP contribution in [0.2, 0.25) is 0 Å². The third kappa shape index (κ3) is 5.36. The second-order valence-electron chi connectivity index (χ2n) is 6.42. The Labute approximate surface area is 166 Å². The molecule has 0 atom stereocenters. The summed E-state index contributed by atoms with van der Waals surface area (Å²) in [7, 11) is 0. The van der Waals surface area contributed by atoms with Crippen LogP contribution in [-0.2, 0) is 6.61 Å². The smallest absolute Gasteiger partial charge is 0.259 e. The molecule has 0 aliphatic heterocycles. The monoisotopic (exact) mass is 375 g/mol. The Balaban J connectivity index is 1.71. The molecule has 0 saturated carbocycles. The number of benzene rings is 3. The number of unbranched alkanes of at least 4 members (excludes halogenated alkanes) is 1. The van der Waals surface area contributed by atoms with Gasteiger partial charge in [0.1, 0.15) is 18.1 Å². The molecule has 1 N–H and O–H groups in total. The normalized spacial score (nSPS) is 10.3. The van der Waals surface area contributed by atoms with E-state index in [0.717, 1.165) is 18.4 Å². The second kappa shape index (κ2) is 10.2. The van der Waals surface area contributed by atoms with Crippen molar-refractivity contribution in [3.05, 3.63) is 90.0 Å². The van der Waals surface area contributed by atoms with Gasteiger partial charge in [0.25, 0.3) is 5.91 Å². The van der Waals surface area contributed by atoms with Crippen LogP contribution in [0.5, 0.6) is 11.5 Å². The fourth-order valence-electron chi connectivity index (χ4n) is 2.73. The van der Waals surface area contributed by atoms with E-state index in [2.05, 4.69) is 12.2 Å². The molecule has 3 rings (SSSR count). The first-order chi connectivity index (χ1) is 13.8. The highest BCUT2D eigenvalue weighted by atomic mass is 16.5. The summed E-state index contributed by atoms with van der Waals surface area (Å²) in [6, 6.07) is 24.6. The minimum atomic E-state index is -0.227. The molecule has 0 aliphatic rings. The molecule has 1 amide bonds. The number of carbonyl (C=O) groups excluding carboxylic acids is 1. The lowest BCUT2D eigenvalue weighted by Gasteiger charge is -2.14. The van der Waals surface area contributed by atoms with Crippen molar-refractivity contribution in [3.8, 4) is 11.5 Å². The van der Waals surface area contributed by atoms with Crippen molar-refractivity contribution in [2.75, 3.05) is 11.9 Å². The number of amides is 1. The minimum absolute atomic E-state index is 0.227. The topological polar surface area (TPSA) is 47.6 Å². The summed E-state index contributed by atoms with van der Waals surface area (Å²) in [4.78, 5) is 12.9. The molecule has 28 heavy (non-hydrogen) atoms. The third-order valence-corrected chi connectivity index (χ3v) is 4.26. The first kappa shape index (κ1) is 19.5. The van der Waals surface area contributed by atoms with Crippen LogP contribution in [0.3, 0.4) is 0 Å². The van der Waals surface area contributed by atoms with Gasteiger partial charge in [0.15, 0.2) is 0 Å². The summed E-state index contributed by atoms with van der Waals surface area (Å²) in [6.07, 6.45) is 2.03. The maximum atomic E-state index is 12.9. The standard InChI is InChI=1S/C24H25NO3/c1-2-3-17-27-23-16-10-8-14-21(23)25-24(26)20-13-7-9-15-22(20)28-18-19-11-5-4-6-12-19/h4-16H,2-3,17-18H2,1H3,(H,25,26). The van der Waals surface area contributed by atoms with E-state index in [1.807, 2.05) is 72.8 Å². The van der Waals surface area contributed by atoms with Gasteiger partial charge in [0.05, 0.1) is 17.9 Å². The number of carbonyl (C=O) groups is 1. The summed E-state index contributed by atoms with van der Waals surface area (Å²) < 4.78 is 11.7. The average molecular weight is 375 g/mol. The Hall–Kier alpha value is -3.27. The van der Waals surface area contributed by atoms with E-state index in [0.29, 0.717) is 36.0 Å². The zero-order valence-electron chi connectivity index (χ0n) is 16.1. The summed E-state index contributed by atoms with van der Waals surface area (Å²) in [6.45, 7) is 3.14. The molecule has 4 nitrogen and oxygen atoms in total. The first-order valence-electron chi connectivity index (χ1n) is 9.57. The quantitative estimate of drug-likeness (QED) is 0.488. The van der Waals surface area contributed by atoms with E-state index >= 15 is 0 Å². The lowest BCUT2D eigenvalue weighted by atomic mass is 10.1. The van der Waals surface area contributed by atoms with Crippen molar-refractivity contribution in [2.45, 2.75) is 26.4 Å². The maximum Gasteiger partial charge on any atom is 0.259 e. The molecule has 0 bridgehead atoms. The van der Waals surface area contributed by atoms with Gasteiger partial charge in [-0.05, 0) is 36.2 Å². The zero-order chi connectivity index (χ0) is 19.6. The molecule has 3 aromatic rings. The lowest BCUT2D eigenvalue weighted by Crippen LogP contribution is -2.14. The number of nitrogens with one attached hydrogen (secondary N) is 1. The summed E-state index contributed by atoms with van der Waals surface area (Å²) >= 11 is 0. The largest absolute Gasteiger partial charge is 0.491 e. The van der Waals surface area contributed by atoms with Crippen LogP contribution in [0.1, 0.15) is 35.7 Å². The van der Waals surface area contributed by atoms with E-state index in [4.69, 9.17) is 9.47 Å². The van der Waals surface area contributed by atoms with Crippen LogP contribution in [0.4, 0.5) is 5.69 Å². The maximum absolute atomic E-state index is 12.9. The fourth-order valence-corrected chi connectivity index (χ4v) is 2.73. The van der Waals surface area contributed by atoms with Gasteiger partial charge in [-0.15, -0.1) is 0 Å². The fraction of sp³-hybridized carbons (Fsp3) is 0.208. The molecule has 0 aliphatic carbocycles. The van der Waals surface area contributed by atoms with Crippen molar-refractivity contribution in [1.29, 1.82) is 0 Å². The Morgan fingerprint density at radius 1 is 0.821 bits per heavy atom. The SMILES string of the molecule is CCCCOc1ccccc1NC(=O)c1ccccc1OCc1ccccc1. The van der Waals surface area contributed by atoms with Gasteiger partial charge in [0, 0.05) is 0 Å². The summed E-state index contributed by atoms with van der Waals surface area (Å²) in [5, 5.41) is 2.95. The van der Waals surface area contributed by atoms with Crippen LogP contribution < -0.4 is 14.8 Å². The van der Waals surface area contributed by atoms with E-state index in [1.165, 1.54) is 0 Å². The molecule has 3 aromatic carbocycles. The lowest BCUT2D eigenvalue weighted by molar-refractivity contribution is 0.102. The number of ether oxygens (including phenoxy) is 2. The van der Waals surface area contributed by atoms with Crippen molar-refractivity contribution in [1.82, 2.24) is 0 Å². The van der Waals surface area contributed by atoms with Crippen molar-refractivity contribution in [2.24, 2.45) is 0 Å². The molecule has 0 unspecified atom stereocenters. The molecular formula is C24H25NO3. The van der Waals surface area contributed by atoms with Gasteiger partial charge in [-0.1, -0.05) is 67.9 Å². The minimum Gasteiger partial charge on any atom is -0.491 e. The number of para-hydroxylation sites is 3. The van der Waals surface area contributed by atoms with Crippen LogP contribution in [0.25, 0.3) is 0 Å². The van der Waals surface area contributed by atoms with E-state index < -0.39 is 0 Å². The Morgan fingerprint density at radius 2 is 1.50 bits per heavy atom. The predicted octanol–water partition coefficient (Wildman–Crippen LogP) is 5.70. The molecule has 0 radical (unpaired) electrons. The van der Waals surface area contributed by atoms with E-state index in [1.54, 1.807) is 6.07 Å². The Bertz CT molecular complexity index is 893. The molecule has 4 heteroatoms. The summed E-state index contributed by atoms with van der Waals surface area (Å²) in [5.41, 5.74) is 2.19. The van der Waals surface area contributed by atoms with E-state index in [-0.39, 0.29) is 5.91 Å². The van der Waals surface area contributed by atoms with Gasteiger partial charge in [-0.2, -0.15) is 0 Å². The molecule has 0 heterocycles. The molecule has 0 spiro atoms. The highest BCUT2D eigenvalue weighted by molar-refractivity contribution is 6.06. The van der Waals surface area contributed by atoms with Crippen LogP contribution in [-0.4, -0.2) is 12.5 Å². The van der Waals surface area contributed by atoms with Gasteiger partial charge in [-0.25, -0.2) is 0 Å². The molecule has 0 aromatic heterocycles. The molecule has 0 fully saturated rings. The molecular weight excluding hydrogens is 350 g/mol. The summed E-state index contributed by atoms with van der Waals surface area (Å²) in [5.74, 6) is 0.996. The first-order valence-corrected chi connectivity index (χ1v) is 9.57. The Morgan fingerprint density at radius 3 is 2.29 bits per heavy atom. The molecule has 144 valence electrons. The Kier molecular flexibility index (Phi) is 7.08. The van der Waals surface area contributed by atoms with Crippen molar-refractivity contribution < 1.29 is 14.3 Å². The van der Waals surface area contributed by atoms with Crippen LogP contribution in [0, 0.1) is 0 Å². The van der Waals surface area contributed by atoms with E-state index in [9.17, 15) is 4.79 Å². The predicted molar refractivity (Wildman–Crippen MR) is 112 cm³/mol. The number of anilines is 1. The highest BCUT2D eigenvalue weighted by Crippen LogP contribution is 2.26. The highest BCUT2D eigenvalue weighted by Gasteiger charge is 2.14. The van der Waals surface area contributed by atoms with Gasteiger partial charge in [-0.3, -0.25) is 4.79 Å². The number of rotatable bonds is 9. The third-order valence-electron chi connectivity index (χ3n) is 4.26. The van der Waals surface area contributed by atoms with Crippen molar-refractivity contribution in [3.63, 3.8) is 0 Å². The van der Waals surface area contributed by atoms with Gasteiger partial charge in [0.2, 0.25) is 0 Å². The van der Waals surface area contributed by atoms with Crippen LogP contribution >= 0.6 is 0 Å². The van der Waals surface area contributed by atoms with Gasteiger partial charge < -0.3 is 14.8 Å². The number of hydrogen-bond acceptors (Lipinski definition) is 3. The number of hydrogen-bond donors (Lipinski definition) is 1.